The zero-order chi connectivity index (χ0) is 13.2. The first-order chi connectivity index (χ1) is 9.25. The van der Waals surface area contributed by atoms with Crippen LogP contribution < -0.4 is 0 Å². The third kappa shape index (κ3) is 2.39. The Morgan fingerprint density at radius 2 is 2.05 bits per heavy atom. The molecule has 19 heavy (non-hydrogen) atoms. The van der Waals surface area contributed by atoms with Crippen molar-refractivity contribution in [3.63, 3.8) is 0 Å². The molecular weight excluding hydrogens is 254 g/mol. The Morgan fingerprint density at radius 1 is 1.21 bits per heavy atom. The summed E-state index contributed by atoms with van der Waals surface area (Å²) < 4.78 is 1.22. The Hall–Kier alpha value is -1.71. The van der Waals surface area contributed by atoms with Crippen molar-refractivity contribution in [3.8, 4) is 0 Å². The van der Waals surface area contributed by atoms with E-state index in [0.29, 0.717) is 6.42 Å². The van der Waals surface area contributed by atoms with Crippen LogP contribution in [0.3, 0.4) is 0 Å². The van der Waals surface area contributed by atoms with Gasteiger partial charge in [-0.3, -0.25) is 4.98 Å². The van der Waals surface area contributed by atoms with Crippen LogP contribution >= 0.6 is 11.3 Å². The normalized spacial score (nSPS) is 12.7. The monoisotopic (exact) mass is 269 g/mol. The van der Waals surface area contributed by atoms with Gasteiger partial charge in [0, 0.05) is 23.0 Å². The highest BCUT2D eigenvalue weighted by Crippen LogP contribution is 2.31. The summed E-state index contributed by atoms with van der Waals surface area (Å²) in [4.78, 5) is 4.35. The van der Waals surface area contributed by atoms with Crippen LogP contribution in [0.4, 0.5) is 0 Å². The van der Waals surface area contributed by atoms with Gasteiger partial charge in [-0.1, -0.05) is 24.3 Å². The number of aryl methyl sites for hydroxylation is 1. The van der Waals surface area contributed by atoms with Gasteiger partial charge in [0.05, 0.1) is 6.10 Å². The SMILES string of the molecule is Cc1cccnc1CC(O)c1csc2ccccc12. The molecule has 3 aromatic rings. The van der Waals surface area contributed by atoms with E-state index in [1.807, 2.05) is 36.6 Å². The number of aliphatic hydroxyl groups excluding tert-OH is 1. The predicted octanol–water partition coefficient (Wildman–Crippen LogP) is 3.88. The molecule has 1 atom stereocenters. The second kappa shape index (κ2) is 5.11. The van der Waals surface area contributed by atoms with Gasteiger partial charge in [0.2, 0.25) is 0 Å². The predicted molar refractivity (Wildman–Crippen MR) is 79.5 cm³/mol. The van der Waals surface area contributed by atoms with Crippen LogP contribution in [-0.2, 0) is 6.42 Å². The van der Waals surface area contributed by atoms with Crippen LogP contribution in [-0.4, -0.2) is 10.1 Å². The summed E-state index contributed by atoms with van der Waals surface area (Å²) in [5.41, 5.74) is 3.09. The van der Waals surface area contributed by atoms with E-state index in [4.69, 9.17) is 0 Å². The minimum absolute atomic E-state index is 0.496. The van der Waals surface area contributed by atoms with E-state index >= 15 is 0 Å². The van der Waals surface area contributed by atoms with Gasteiger partial charge in [0.25, 0.3) is 0 Å². The smallest absolute Gasteiger partial charge is 0.0859 e. The fourth-order valence-corrected chi connectivity index (χ4v) is 3.29. The molecule has 2 nitrogen and oxygen atoms in total. The molecule has 0 fully saturated rings. The molecule has 2 aromatic heterocycles. The molecule has 0 aliphatic rings. The van der Waals surface area contributed by atoms with Gasteiger partial charge in [0.15, 0.2) is 0 Å². The Labute approximate surface area is 116 Å². The summed E-state index contributed by atoms with van der Waals surface area (Å²) in [7, 11) is 0. The molecule has 2 heterocycles. The number of hydrogen-bond acceptors (Lipinski definition) is 3. The van der Waals surface area contributed by atoms with Crippen LogP contribution in [0.2, 0.25) is 0 Å². The maximum Gasteiger partial charge on any atom is 0.0859 e. The number of pyridine rings is 1. The Balaban J connectivity index is 1.92. The standard InChI is InChI=1S/C16H15NOS/c1-11-5-4-8-17-14(11)9-15(18)13-10-19-16-7-3-2-6-12(13)16/h2-8,10,15,18H,9H2,1H3. The average Bonchev–Trinajstić information content (AvgIpc) is 2.85. The highest BCUT2D eigenvalue weighted by Gasteiger charge is 2.15. The van der Waals surface area contributed by atoms with E-state index in [2.05, 4.69) is 17.1 Å². The average molecular weight is 269 g/mol. The van der Waals surface area contributed by atoms with Crippen LogP contribution in [0.5, 0.6) is 0 Å². The minimum atomic E-state index is -0.496. The third-order valence-corrected chi connectivity index (χ3v) is 4.36. The summed E-state index contributed by atoms with van der Waals surface area (Å²) in [6, 6.07) is 12.1. The van der Waals surface area contributed by atoms with Crippen molar-refractivity contribution < 1.29 is 5.11 Å². The second-order valence-corrected chi connectivity index (χ2v) is 5.59. The lowest BCUT2D eigenvalue weighted by Gasteiger charge is -2.11. The number of aromatic nitrogens is 1. The number of benzene rings is 1. The van der Waals surface area contributed by atoms with E-state index in [1.54, 1.807) is 17.5 Å². The highest BCUT2D eigenvalue weighted by atomic mass is 32.1. The lowest BCUT2D eigenvalue weighted by Crippen LogP contribution is -2.04. The number of rotatable bonds is 3. The van der Waals surface area contributed by atoms with E-state index in [1.165, 1.54) is 4.70 Å². The quantitative estimate of drug-likeness (QED) is 0.782. The highest BCUT2D eigenvalue weighted by molar-refractivity contribution is 7.17. The molecular formula is C16H15NOS. The van der Waals surface area contributed by atoms with E-state index in [9.17, 15) is 5.11 Å². The first kappa shape index (κ1) is 12.3. The number of aliphatic hydroxyl groups is 1. The van der Waals surface area contributed by atoms with Gasteiger partial charge >= 0.3 is 0 Å². The zero-order valence-electron chi connectivity index (χ0n) is 10.7. The number of nitrogens with zero attached hydrogens (tertiary/aromatic N) is 1. The summed E-state index contributed by atoms with van der Waals surface area (Å²) in [6.45, 7) is 2.03. The van der Waals surface area contributed by atoms with Crippen molar-refractivity contribution >= 4 is 21.4 Å². The van der Waals surface area contributed by atoms with Gasteiger partial charge in [-0.15, -0.1) is 11.3 Å². The number of thiophene rings is 1. The van der Waals surface area contributed by atoms with Crippen molar-refractivity contribution in [2.45, 2.75) is 19.4 Å². The van der Waals surface area contributed by atoms with Crippen molar-refractivity contribution in [3.05, 3.63) is 64.8 Å². The van der Waals surface area contributed by atoms with Crippen LogP contribution in [0.1, 0.15) is 22.9 Å². The molecule has 0 aliphatic carbocycles. The molecule has 0 saturated carbocycles. The van der Waals surface area contributed by atoms with Gasteiger partial charge < -0.3 is 5.11 Å². The molecule has 0 radical (unpaired) electrons. The molecule has 96 valence electrons. The summed E-state index contributed by atoms with van der Waals surface area (Å²) in [6.07, 6.45) is 1.85. The summed E-state index contributed by atoms with van der Waals surface area (Å²) >= 11 is 1.68. The fourth-order valence-electron chi connectivity index (χ4n) is 2.28. The zero-order valence-corrected chi connectivity index (χ0v) is 11.5. The molecule has 0 saturated heterocycles. The van der Waals surface area contributed by atoms with E-state index < -0.39 is 6.10 Å². The van der Waals surface area contributed by atoms with E-state index in [0.717, 1.165) is 22.2 Å². The maximum atomic E-state index is 10.5. The van der Waals surface area contributed by atoms with Crippen molar-refractivity contribution in [2.24, 2.45) is 0 Å². The molecule has 3 heteroatoms. The molecule has 1 N–H and O–H groups in total. The first-order valence-electron chi connectivity index (χ1n) is 6.30. The topological polar surface area (TPSA) is 33.1 Å². The molecule has 0 bridgehead atoms. The first-order valence-corrected chi connectivity index (χ1v) is 7.18. The third-order valence-electron chi connectivity index (χ3n) is 3.37. The second-order valence-electron chi connectivity index (χ2n) is 4.67. The molecule has 3 rings (SSSR count). The van der Waals surface area contributed by atoms with Crippen molar-refractivity contribution in [2.75, 3.05) is 0 Å². The fraction of sp³-hybridized carbons (Fsp3) is 0.188. The summed E-state index contributed by atoms with van der Waals surface area (Å²) in [5.74, 6) is 0. The lowest BCUT2D eigenvalue weighted by atomic mass is 10.0. The molecule has 0 spiro atoms. The Kier molecular flexibility index (Phi) is 3.32. The lowest BCUT2D eigenvalue weighted by molar-refractivity contribution is 0.179. The van der Waals surface area contributed by atoms with Gasteiger partial charge in [-0.05, 0) is 40.9 Å². The van der Waals surface area contributed by atoms with Crippen molar-refractivity contribution in [1.29, 1.82) is 0 Å². The van der Waals surface area contributed by atoms with Gasteiger partial charge in [-0.2, -0.15) is 0 Å². The molecule has 0 aliphatic heterocycles. The molecule has 1 unspecified atom stereocenters. The maximum absolute atomic E-state index is 10.5. The minimum Gasteiger partial charge on any atom is -0.388 e. The largest absolute Gasteiger partial charge is 0.388 e. The van der Waals surface area contributed by atoms with Crippen LogP contribution in [0, 0.1) is 6.92 Å². The van der Waals surface area contributed by atoms with Gasteiger partial charge in [-0.25, -0.2) is 0 Å². The Bertz CT molecular complexity index is 705. The Morgan fingerprint density at radius 3 is 2.89 bits per heavy atom. The van der Waals surface area contributed by atoms with Crippen LogP contribution in [0.15, 0.2) is 48.0 Å². The van der Waals surface area contributed by atoms with Crippen molar-refractivity contribution in [1.82, 2.24) is 4.98 Å². The molecule has 1 aromatic carbocycles. The van der Waals surface area contributed by atoms with E-state index in [-0.39, 0.29) is 0 Å². The number of fused-ring (bicyclic) bond motifs is 1. The molecule has 0 amide bonds. The summed E-state index contributed by atoms with van der Waals surface area (Å²) in [5, 5.41) is 13.6. The van der Waals surface area contributed by atoms with Crippen LogP contribution in [0.25, 0.3) is 10.1 Å². The van der Waals surface area contributed by atoms with Gasteiger partial charge in [0.1, 0.15) is 0 Å². The number of hydrogen-bond donors (Lipinski definition) is 1.